The zero-order chi connectivity index (χ0) is 29.5. The number of hydrogen-bond donors (Lipinski definition) is 3. The van der Waals surface area contributed by atoms with Crippen molar-refractivity contribution in [3.05, 3.63) is 88.3 Å². The first-order chi connectivity index (χ1) is 19.4. The monoisotopic (exact) mass is 596 g/mol. The molecule has 12 nitrogen and oxygen atoms in total. The van der Waals surface area contributed by atoms with Crippen molar-refractivity contribution in [2.24, 2.45) is 15.5 Å². The zero-order valence-electron chi connectivity index (χ0n) is 22.2. The molecule has 2 aromatic heterocycles. The van der Waals surface area contributed by atoms with E-state index in [1.54, 1.807) is 42.5 Å². The Labute approximate surface area is 237 Å². The summed E-state index contributed by atoms with van der Waals surface area (Å²) in [6.45, 7) is 4.17. The Hall–Kier alpha value is -4.27. The highest BCUT2D eigenvalue weighted by molar-refractivity contribution is 7.91. The third-order valence-corrected chi connectivity index (χ3v) is 8.90. The number of nitrogens with one attached hydrogen (secondary N) is 1. The number of anilines is 2. The summed E-state index contributed by atoms with van der Waals surface area (Å²) in [7, 11) is -8.73. The minimum absolute atomic E-state index is 0.00907. The van der Waals surface area contributed by atoms with E-state index < -0.39 is 31.5 Å². The third-order valence-electron chi connectivity index (χ3n) is 6.63. The van der Waals surface area contributed by atoms with Gasteiger partial charge in [-0.05, 0) is 48.2 Å². The van der Waals surface area contributed by atoms with Crippen LogP contribution in [0.25, 0.3) is 11.0 Å². The maximum Gasteiger partial charge on any atom is 0.299 e. The molecule has 0 amide bonds. The number of benzene rings is 2. The molecule has 0 fully saturated rings. The SMILES string of the molecule is CC(C)CCn1c(=O)c(C2=NS(=O)(=O)c3cc(N(Cc4ccccc4)S(N)(=O)=O)ccc3N2)c(O)c2cccnc21. The first-order valence-electron chi connectivity index (χ1n) is 12.7. The third kappa shape index (κ3) is 5.53. The molecule has 1 aliphatic rings. The largest absolute Gasteiger partial charge is 0.506 e. The number of aromatic hydroxyl groups is 1. The van der Waals surface area contributed by atoms with Crippen LogP contribution >= 0.6 is 0 Å². The molecule has 0 spiro atoms. The second kappa shape index (κ2) is 10.6. The molecule has 4 N–H and O–H groups in total. The summed E-state index contributed by atoms with van der Waals surface area (Å²) >= 11 is 0. The number of aryl methyl sites for hydroxylation is 1. The molecule has 14 heteroatoms. The van der Waals surface area contributed by atoms with Crippen molar-refractivity contribution in [3.63, 3.8) is 0 Å². The smallest absolute Gasteiger partial charge is 0.299 e. The highest BCUT2D eigenvalue weighted by atomic mass is 32.2. The van der Waals surface area contributed by atoms with Gasteiger partial charge >= 0.3 is 0 Å². The number of nitrogens with two attached hydrogens (primary N) is 1. The van der Waals surface area contributed by atoms with Gasteiger partial charge in [0.1, 0.15) is 21.9 Å². The number of fused-ring (bicyclic) bond motifs is 2. The van der Waals surface area contributed by atoms with Crippen molar-refractivity contribution in [2.75, 3.05) is 9.62 Å². The van der Waals surface area contributed by atoms with Gasteiger partial charge < -0.3 is 10.4 Å². The van der Waals surface area contributed by atoms with Crippen LogP contribution in [0, 0.1) is 5.92 Å². The lowest BCUT2D eigenvalue weighted by atomic mass is 10.1. The normalized spacial score (nSPS) is 14.4. The van der Waals surface area contributed by atoms with Crippen LogP contribution in [0.3, 0.4) is 0 Å². The van der Waals surface area contributed by atoms with Crippen molar-refractivity contribution in [2.45, 2.75) is 38.3 Å². The van der Waals surface area contributed by atoms with E-state index in [1.165, 1.54) is 22.9 Å². The van der Waals surface area contributed by atoms with Crippen LogP contribution < -0.4 is 20.3 Å². The maximum atomic E-state index is 13.6. The van der Waals surface area contributed by atoms with E-state index in [0.29, 0.717) is 18.5 Å². The molecule has 4 aromatic rings. The van der Waals surface area contributed by atoms with Crippen LogP contribution in [0.15, 0.2) is 80.9 Å². The van der Waals surface area contributed by atoms with Crippen molar-refractivity contribution in [1.29, 1.82) is 0 Å². The summed E-state index contributed by atoms with van der Waals surface area (Å²) in [5.41, 5.74) is -0.0101. The van der Waals surface area contributed by atoms with Gasteiger partial charge in [0, 0.05) is 12.7 Å². The van der Waals surface area contributed by atoms with Gasteiger partial charge in [-0.3, -0.25) is 13.7 Å². The summed E-state index contributed by atoms with van der Waals surface area (Å²) in [5.74, 6) is -0.545. The van der Waals surface area contributed by atoms with Crippen molar-refractivity contribution in [1.82, 2.24) is 9.55 Å². The van der Waals surface area contributed by atoms with Gasteiger partial charge in [0.15, 0.2) is 5.84 Å². The van der Waals surface area contributed by atoms with E-state index in [4.69, 9.17) is 5.14 Å². The predicted octanol–water partition coefficient (Wildman–Crippen LogP) is 2.92. The number of aromatic nitrogens is 2. The van der Waals surface area contributed by atoms with Crippen molar-refractivity contribution in [3.8, 4) is 5.75 Å². The molecule has 0 unspecified atom stereocenters. The van der Waals surface area contributed by atoms with Gasteiger partial charge in [0.05, 0.1) is 23.3 Å². The minimum Gasteiger partial charge on any atom is -0.506 e. The Morgan fingerprint density at radius 2 is 1.83 bits per heavy atom. The molecule has 214 valence electrons. The van der Waals surface area contributed by atoms with E-state index in [0.717, 1.165) is 10.4 Å². The molecule has 0 saturated carbocycles. The summed E-state index contributed by atoms with van der Waals surface area (Å²) in [6, 6.07) is 15.8. The maximum absolute atomic E-state index is 13.6. The van der Waals surface area contributed by atoms with E-state index in [1.807, 2.05) is 13.8 Å². The lowest BCUT2D eigenvalue weighted by molar-refractivity contribution is 0.473. The van der Waals surface area contributed by atoms with Gasteiger partial charge in [0.2, 0.25) is 0 Å². The van der Waals surface area contributed by atoms with E-state index in [-0.39, 0.29) is 51.2 Å². The Morgan fingerprint density at radius 3 is 2.51 bits per heavy atom. The van der Waals surface area contributed by atoms with Gasteiger partial charge in [-0.25, -0.2) is 10.1 Å². The molecule has 41 heavy (non-hydrogen) atoms. The highest BCUT2D eigenvalue weighted by Gasteiger charge is 2.32. The average molecular weight is 597 g/mol. The predicted molar refractivity (Wildman–Crippen MR) is 157 cm³/mol. The van der Waals surface area contributed by atoms with Gasteiger partial charge in [-0.1, -0.05) is 44.2 Å². The molecule has 1 aliphatic heterocycles. The first-order valence-corrected chi connectivity index (χ1v) is 15.6. The van der Waals surface area contributed by atoms with Crippen molar-refractivity contribution < 1.29 is 21.9 Å². The lowest BCUT2D eigenvalue weighted by Gasteiger charge is -2.25. The standard InChI is InChI=1S/C27H28N6O6S2/c1-17(2)12-14-32-26-20(9-6-13-29-26)24(34)23(27(32)35)25-30-21-11-10-19(15-22(21)40(36,37)31-25)33(41(28,38)39)16-18-7-4-3-5-8-18/h3-11,13,15,17,34H,12,14,16H2,1-2H3,(H,30,31)(H2,28,38,39). The number of pyridine rings is 2. The van der Waals surface area contributed by atoms with Crippen LogP contribution in [0.4, 0.5) is 11.4 Å². The quantitative estimate of drug-likeness (QED) is 0.278. The number of nitrogens with zero attached hydrogens (tertiary/aromatic N) is 4. The number of hydrogen-bond acceptors (Lipinski definition) is 8. The summed E-state index contributed by atoms with van der Waals surface area (Å²) in [6.07, 6.45) is 2.15. The summed E-state index contributed by atoms with van der Waals surface area (Å²) in [5, 5.41) is 19.7. The molecule has 0 atom stereocenters. The Morgan fingerprint density at radius 1 is 1.10 bits per heavy atom. The average Bonchev–Trinajstić information content (AvgIpc) is 2.91. The van der Waals surface area contributed by atoms with Gasteiger partial charge in [-0.2, -0.15) is 16.8 Å². The number of sulfonamides is 1. The highest BCUT2D eigenvalue weighted by Crippen LogP contribution is 2.35. The van der Waals surface area contributed by atoms with Crippen molar-refractivity contribution >= 4 is 48.5 Å². The van der Waals surface area contributed by atoms with Gasteiger partial charge in [-0.15, -0.1) is 4.40 Å². The molecule has 5 rings (SSSR count). The molecule has 3 heterocycles. The van der Waals surface area contributed by atoms with Crippen LogP contribution in [-0.2, 0) is 33.3 Å². The van der Waals surface area contributed by atoms with Gasteiger partial charge in [0.25, 0.3) is 25.8 Å². The molecular weight excluding hydrogens is 568 g/mol. The fourth-order valence-corrected chi connectivity index (χ4v) is 6.44. The number of rotatable bonds is 8. The molecule has 0 saturated heterocycles. The van der Waals surface area contributed by atoms with E-state index >= 15 is 0 Å². The second-order valence-electron chi connectivity index (χ2n) is 10.00. The van der Waals surface area contributed by atoms with Crippen LogP contribution in [-0.4, -0.2) is 37.3 Å². The zero-order valence-corrected chi connectivity index (χ0v) is 23.9. The first kappa shape index (κ1) is 28.3. The number of amidine groups is 1. The van der Waals surface area contributed by atoms with Crippen LogP contribution in [0.5, 0.6) is 5.75 Å². The molecular formula is C27H28N6O6S2. The summed E-state index contributed by atoms with van der Waals surface area (Å²) in [4.78, 5) is 17.6. The molecule has 0 bridgehead atoms. The fraction of sp³-hybridized carbons (Fsp3) is 0.222. The summed E-state index contributed by atoms with van der Waals surface area (Å²) < 4.78 is 57.8. The minimum atomic E-state index is -4.45. The lowest BCUT2D eigenvalue weighted by Crippen LogP contribution is -2.36. The Balaban J connectivity index is 1.61. The topological polar surface area (TPSA) is 177 Å². The second-order valence-corrected chi connectivity index (χ2v) is 13.0. The fourth-order valence-electron chi connectivity index (χ4n) is 4.56. The Kier molecular flexibility index (Phi) is 7.32. The Bertz CT molecular complexity index is 1960. The van der Waals surface area contributed by atoms with Crippen LogP contribution in [0.1, 0.15) is 31.4 Å². The molecule has 0 radical (unpaired) electrons. The van der Waals surface area contributed by atoms with E-state index in [9.17, 15) is 26.7 Å². The van der Waals surface area contributed by atoms with Crippen LogP contribution in [0.2, 0.25) is 0 Å². The van der Waals surface area contributed by atoms with E-state index in [2.05, 4.69) is 14.7 Å². The molecule has 0 aliphatic carbocycles. The molecule has 2 aromatic carbocycles.